The fourth-order valence-corrected chi connectivity index (χ4v) is 5.44. The van der Waals surface area contributed by atoms with E-state index in [0.717, 1.165) is 16.9 Å². The highest BCUT2D eigenvalue weighted by atomic mass is 16.5. The number of hydrogen-bond donors (Lipinski definition) is 2. The molecule has 36 heavy (non-hydrogen) atoms. The molecule has 13 nitrogen and oxygen atoms in total. The van der Waals surface area contributed by atoms with Crippen LogP contribution in [0.4, 0.5) is 15.3 Å². The molecule has 3 unspecified atom stereocenters. The molecule has 188 valence electrons. The number of rotatable bonds is 3. The van der Waals surface area contributed by atoms with Crippen molar-refractivity contribution in [3.63, 3.8) is 0 Å². The van der Waals surface area contributed by atoms with Gasteiger partial charge in [0.05, 0.1) is 38.4 Å². The number of amidine groups is 1. The Kier molecular flexibility index (Phi) is 5.42. The molecule has 4 aliphatic rings. The molecule has 4 amide bonds. The number of ether oxygens (including phenoxy) is 3. The third-order valence-electron chi connectivity index (χ3n) is 6.97. The van der Waals surface area contributed by atoms with Crippen molar-refractivity contribution in [2.75, 3.05) is 39.7 Å². The van der Waals surface area contributed by atoms with Crippen LogP contribution in [0.1, 0.15) is 12.0 Å². The molecule has 0 radical (unpaired) electrons. The average Bonchev–Trinajstić information content (AvgIpc) is 3.58. The standard InChI is InChI=1S/C23H23N5O8/c1-34-17(29)13-10-23-11-6-4-5-7-12(11)25-16(23)14(18(30)35-2)15(19(31)36-3)26-20(23)28(13)22(33)27-9-8-24-21(27)32/h4-7,13,16,25H,8-10H2,1-3H3,(H,24,32). The Morgan fingerprint density at radius 2 is 1.78 bits per heavy atom. The molecule has 5 rings (SSSR count). The van der Waals surface area contributed by atoms with Gasteiger partial charge in [-0.15, -0.1) is 0 Å². The van der Waals surface area contributed by atoms with E-state index in [-0.39, 0.29) is 36.6 Å². The number of imide groups is 1. The zero-order chi connectivity index (χ0) is 25.8. The topological polar surface area (TPSA) is 156 Å². The van der Waals surface area contributed by atoms with Crippen LogP contribution >= 0.6 is 0 Å². The lowest BCUT2D eigenvalue weighted by Crippen LogP contribution is -2.55. The molecular formula is C23H23N5O8. The maximum Gasteiger partial charge on any atom is 0.357 e. The van der Waals surface area contributed by atoms with E-state index in [4.69, 9.17) is 14.2 Å². The van der Waals surface area contributed by atoms with E-state index in [2.05, 4.69) is 15.6 Å². The number of nitrogens with one attached hydrogen (secondary N) is 2. The Balaban J connectivity index is 1.79. The van der Waals surface area contributed by atoms with Gasteiger partial charge in [-0.05, 0) is 18.1 Å². The van der Waals surface area contributed by atoms with Gasteiger partial charge >= 0.3 is 30.0 Å². The number of aliphatic imine (C=N–C) groups is 1. The molecule has 1 spiro atoms. The maximum atomic E-state index is 13.7. The monoisotopic (exact) mass is 497 g/mol. The second kappa shape index (κ2) is 8.36. The summed E-state index contributed by atoms with van der Waals surface area (Å²) in [5, 5.41) is 5.81. The number of esters is 3. The molecule has 2 fully saturated rings. The Hall–Kier alpha value is -4.42. The quantitative estimate of drug-likeness (QED) is 0.437. The molecule has 3 atom stereocenters. The van der Waals surface area contributed by atoms with Crippen molar-refractivity contribution in [3.8, 4) is 0 Å². The third kappa shape index (κ3) is 3.01. The van der Waals surface area contributed by atoms with E-state index >= 15 is 0 Å². The number of methoxy groups -OCH3 is 3. The molecule has 2 N–H and O–H groups in total. The Labute approximate surface area is 205 Å². The summed E-state index contributed by atoms with van der Waals surface area (Å²) in [4.78, 5) is 71.4. The zero-order valence-corrected chi connectivity index (χ0v) is 19.7. The number of likely N-dealkylation sites (tertiary alicyclic amines) is 1. The van der Waals surface area contributed by atoms with Crippen molar-refractivity contribution in [3.05, 3.63) is 41.1 Å². The van der Waals surface area contributed by atoms with Crippen molar-refractivity contribution in [2.24, 2.45) is 4.99 Å². The highest BCUT2D eigenvalue weighted by Crippen LogP contribution is 2.55. The average molecular weight is 497 g/mol. The van der Waals surface area contributed by atoms with Crippen molar-refractivity contribution >= 4 is 41.5 Å². The molecule has 0 aromatic heterocycles. The highest BCUT2D eigenvalue weighted by molar-refractivity contribution is 6.18. The minimum Gasteiger partial charge on any atom is -0.467 e. The van der Waals surface area contributed by atoms with Gasteiger partial charge in [0, 0.05) is 18.8 Å². The Morgan fingerprint density at radius 3 is 2.42 bits per heavy atom. The molecular weight excluding hydrogens is 474 g/mol. The number of hydrogen-bond acceptors (Lipinski definition) is 10. The van der Waals surface area contributed by atoms with Gasteiger partial charge < -0.3 is 24.8 Å². The number of urea groups is 2. The SMILES string of the molecule is COC(=O)C1=C(C(=O)OC)C2Nc3ccccc3C23CC(C(=O)OC)N(C(=O)N2CCNC2=O)C3=N1. The van der Waals surface area contributed by atoms with Crippen molar-refractivity contribution in [1.82, 2.24) is 15.1 Å². The van der Waals surface area contributed by atoms with Gasteiger partial charge in [-0.25, -0.2) is 33.9 Å². The smallest absolute Gasteiger partial charge is 0.357 e. The summed E-state index contributed by atoms with van der Waals surface area (Å²) in [6.07, 6.45) is -0.0245. The number of carbonyl (C=O) groups excluding carboxylic acids is 5. The summed E-state index contributed by atoms with van der Waals surface area (Å²) in [5.74, 6) is -2.46. The number of fused-ring (bicyclic) bond motifs is 1. The number of nitrogens with zero attached hydrogens (tertiary/aromatic N) is 3. The van der Waals surface area contributed by atoms with Crippen LogP contribution in [0.2, 0.25) is 0 Å². The van der Waals surface area contributed by atoms with E-state index in [0.29, 0.717) is 11.3 Å². The molecule has 0 saturated carbocycles. The fraction of sp³-hybridized carbons (Fsp3) is 0.391. The van der Waals surface area contributed by atoms with E-state index in [1.54, 1.807) is 24.3 Å². The number of anilines is 1. The normalized spacial score (nSPS) is 25.8. The first-order valence-corrected chi connectivity index (χ1v) is 11.1. The molecule has 0 aliphatic carbocycles. The maximum absolute atomic E-state index is 13.7. The highest BCUT2D eigenvalue weighted by Gasteiger charge is 2.66. The first kappa shape index (κ1) is 23.3. The van der Waals surface area contributed by atoms with Gasteiger partial charge in [-0.2, -0.15) is 0 Å². The predicted octanol–water partition coefficient (Wildman–Crippen LogP) is 0.123. The minimum atomic E-state index is -1.23. The van der Waals surface area contributed by atoms with Crippen LogP contribution in [0.25, 0.3) is 0 Å². The molecule has 13 heteroatoms. The predicted molar refractivity (Wildman–Crippen MR) is 122 cm³/mol. The van der Waals surface area contributed by atoms with Crippen LogP contribution in [0, 0.1) is 0 Å². The molecule has 4 heterocycles. The van der Waals surface area contributed by atoms with Gasteiger partial charge in [-0.3, -0.25) is 4.90 Å². The van der Waals surface area contributed by atoms with Crippen LogP contribution < -0.4 is 10.6 Å². The third-order valence-corrected chi connectivity index (χ3v) is 6.97. The summed E-state index contributed by atoms with van der Waals surface area (Å²) >= 11 is 0. The fourth-order valence-electron chi connectivity index (χ4n) is 5.44. The first-order valence-electron chi connectivity index (χ1n) is 11.1. The second-order valence-electron chi connectivity index (χ2n) is 8.55. The van der Waals surface area contributed by atoms with Crippen LogP contribution in [0.15, 0.2) is 40.5 Å². The van der Waals surface area contributed by atoms with Gasteiger partial charge in [0.2, 0.25) is 0 Å². The van der Waals surface area contributed by atoms with Crippen LogP contribution in [-0.2, 0) is 34.0 Å². The lowest BCUT2D eigenvalue weighted by molar-refractivity contribution is -0.144. The number of para-hydroxylation sites is 1. The Morgan fingerprint density at radius 1 is 1.06 bits per heavy atom. The molecule has 1 aromatic rings. The van der Waals surface area contributed by atoms with Crippen LogP contribution in [0.3, 0.4) is 0 Å². The molecule has 0 bridgehead atoms. The van der Waals surface area contributed by atoms with Crippen molar-refractivity contribution in [1.29, 1.82) is 0 Å². The van der Waals surface area contributed by atoms with Crippen molar-refractivity contribution in [2.45, 2.75) is 23.9 Å². The molecule has 4 aliphatic heterocycles. The lowest BCUT2D eigenvalue weighted by Gasteiger charge is -2.37. The van der Waals surface area contributed by atoms with Crippen LogP contribution in [-0.4, -0.2) is 92.1 Å². The van der Waals surface area contributed by atoms with Gasteiger partial charge in [0.15, 0.2) is 5.70 Å². The largest absolute Gasteiger partial charge is 0.467 e. The van der Waals surface area contributed by atoms with Gasteiger partial charge in [0.25, 0.3) is 0 Å². The van der Waals surface area contributed by atoms with E-state index in [9.17, 15) is 24.0 Å². The number of benzene rings is 1. The van der Waals surface area contributed by atoms with Crippen molar-refractivity contribution < 1.29 is 38.2 Å². The summed E-state index contributed by atoms with van der Waals surface area (Å²) in [6, 6.07) is 3.58. The number of carbonyl (C=O) groups is 5. The van der Waals surface area contributed by atoms with E-state index in [1.165, 1.54) is 14.2 Å². The summed E-state index contributed by atoms with van der Waals surface area (Å²) in [5.41, 5.74) is -0.410. The van der Waals surface area contributed by atoms with E-state index in [1.807, 2.05) is 0 Å². The first-order chi connectivity index (χ1) is 17.3. The molecule has 2 saturated heterocycles. The minimum absolute atomic E-state index is 0.0245. The lowest BCUT2D eigenvalue weighted by atomic mass is 9.69. The summed E-state index contributed by atoms with van der Waals surface area (Å²) < 4.78 is 14.9. The number of amides is 4. The van der Waals surface area contributed by atoms with E-state index < -0.39 is 47.5 Å². The van der Waals surface area contributed by atoms with Gasteiger partial charge in [-0.1, -0.05) is 18.2 Å². The second-order valence-corrected chi connectivity index (χ2v) is 8.55. The Bertz CT molecular complexity index is 1270. The summed E-state index contributed by atoms with van der Waals surface area (Å²) in [6.45, 7) is 0.319. The molecule has 1 aromatic carbocycles. The summed E-state index contributed by atoms with van der Waals surface area (Å²) in [7, 11) is 3.49. The van der Waals surface area contributed by atoms with Crippen LogP contribution in [0.5, 0.6) is 0 Å². The van der Waals surface area contributed by atoms with Gasteiger partial charge in [0.1, 0.15) is 11.9 Å². The zero-order valence-electron chi connectivity index (χ0n) is 19.7.